The molecule has 3 rings (SSSR count). The SMILES string of the molecule is CC1C(=O)CC2CC1OOC2(C)/C=C\c1ccc(C(F)(F)F)cc1C(F)(F)F. The molecule has 0 aromatic heterocycles. The van der Waals surface area contributed by atoms with Gasteiger partial charge in [0.25, 0.3) is 0 Å². The molecular formula is C19H18F6O3. The minimum atomic E-state index is -4.97. The van der Waals surface area contributed by atoms with Crippen LogP contribution in [0.3, 0.4) is 0 Å². The van der Waals surface area contributed by atoms with Gasteiger partial charge in [0.15, 0.2) is 0 Å². The molecule has 0 amide bonds. The number of hydrogen-bond donors (Lipinski definition) is 0. The van der Waals surface area contributed by atoms with E-state index in [-0.39, 0.29) is 30.1 Å². The summed E-state index contributed by atoms with van der Waals surface area (Å²) in [6.45, 7) is 3.30. The number of fused-ring (bicyclic) bond motifs is 2. The molecule has 1 saturated carbocycles. The maximum Gasteiger partial charge on any atom is 0.417 e. The molecular weight excluding hydrogens is 390 g/mol. The molecule has 1 aliphatic heterocycles. The van der Waals surface area contributed by atoms with Crippen LogP contribution in [0, 0.1) is 11.8 Å². The number of Topliss-reactive ketones (excluding diaryl/α,β-unsaturated/α-hetero) is 1. The topological polar surface area (TPSA) is 35.5 Å². The fourth-order valence-corrected chi connectivity index (χ4v) is 3.54. The number of rotatable bonds is 2. The lowest BCUT2D eigenvalue weighted by atomic mass is 9.71. The molecule has 1 aliphatic carbocycles. The highest BCUT2D eigenvalue weighted by atomic mass is 19.4. The van der Waals surface area contributed by atoms with Crippen molar-refractivity contribution in [2.75, 3.05) is 0 Å². The Kier molecular flexibility index (Phi) is 5.12. The standard InChI is InChI=1S/C19H18F6O3/c1-10-15(26)8-13-9-16(10)27-28-17(13,2)6-5-11-3-4-12(18(20,21)22)7-14(11)19(23,24)25/h3-7,10,13,16H,8-9H2,1-2H3/b6-5-. The van der Waals surface area contributed by atoms with E-state index in [4.69, 9.17) is 9.78 Å². The molecule has 1 aromatic carbocycles. The van der Waals surface area contributed by atoms with Crippen LogP contribution in [0.2, 0.25) is 0 Å². The van der Waals surface area contributed by atoms with Gasteiger partial charge in [0.05, 0.1) is 11.1 Å². The summed E-state index contributed by atoms with van der Waals surface area (Å²) in [7, 11) is 0. The molecule has 2 aliphatic rings. The van der Waals surface area contributed by atoms with E-state index in [1.54, 1.807) is 13.8 Å². The predicted molar refractivity (Wildman–Crippen MR) is 86.7 cm³/mol. The van der Waals surface area contributed by atoms with Crippen molar-refractivity contribution in [2.24, 2.45) is 11.8 Å². The smallest absolute Gasteiger partial charge is 0.299 e. The number of benzene rings is 1. The molecule has 1 heterocycles. The quantitative estimate of drug-likeness (QED) is 0.483. The second-order valence-electron chi connectivity index (χ2n) is 7.42. The lowest BCUT2D eigenvalue weighted by molar-refractivity contribution is -0.415. The molecule has 154 valence electrons. The van der Waals surface area contributed by atoms with Gasteiger partial charge in [-0.25, -0.2) is 9.78 Å². The highest BCUT2D eigenvalue weighted by Crippen LogP contribution is 2.44. The van der Waals surface area contributed by atoms with Crippen LogP contribution >= 0.6 is 0 Å². The number of carbonyl (C=O) groups is 1. The van der Waals surface area contributed by atoms with E-state index in [0.717, 1.165) is 12.1 Å². The van der Waals surface area contributed by atoms with Gasteiger partial charge in [-0.05, 0) is 37.1 Å². The summed E-state index contributed by atoms with van der Waals surface area (Å²) in [5.74, 6) is -0.638. The number of hydrogen-bond acceptors (Lipinski definition) is 3. The minimum absolute atomic E-state index is 0.0188. The Morgan fingerprint density at radius 1 is 1.14 bits per heavy atom. The third-order valence-electron chi connectivity index (χ3n) is 5.47. The monoisotopic (exact) mass is 408 g/mol. The summed E-state index contributed by atoms with van der Waals surface area (Å²) in [6.07, 6.45) is -7.18. The van der Waals surface area contributed by atoms with Crippen molar-refractivity contribution in [3.05, 3.63) is 41.0 Å². The Hall–Kier alpha value is -1.87. The summed E-state index contributed by atoms with van der Waals surface area (Å²) in [6, 6.07) is 1.45. The van der Waals surface area contributed by atoms with Crippen LogP contribution in [-0.4, -0.2) is 17.5 Å². The third-order valence-corrected chi connectivity index (χ3v) is 5.47. The molecule has 2 fully saturated rings. The number of alkyl halides is 6. The van der Waals surface area contributed by atoms with Crippen molar-refractivity contribution < 1.29 is 40.9 Å². The van der Waals surface area contributed by atoms with Crippen LogP contribution in [0.1, 0.15) is 43.4 Å². The molecule has 0 radical (unpaired) electrons. The van der Waals surface area contributed by atoms with Crippen molar-refractivity contribution in [1.29, 1.82) is 0 Å². The van der Waals surface area contributed by atoms with Crippen molar-refractivity contribution in [3.63, 3.8) is 0 Å². The van der Waals surface area contributed by atoms with Crippen LogP contribution in [0.4, 0.5) is 26.3 Å². The largest absolute Gasteiger partial charge is 0.417 e. The Morgan fingerprint density at radius 3 is 2.43 bits per heavy atom. The lowest BCUT2D eigenvalue weighted by Crippen LogP contribution is -2.52. The lowest BCUT2D eigenvalue weighted by Gasteiger charge is -2.45. The first kappa shape index (κ1) is 20.9. The summed E-state index contributed by atoms with van der Waals surface area (Å²) in [4.78, 5) is 22.7. The average Bonchev–Trinajstić information content (AvgIpc) is 2.59. The fourth-order valence-electron chi connectivity index (χ4n) is 3.54. The second-order valence-corrected chi connectivity index (χ2v) is 7.42. The van der Waals surface area contributed by atoms with Crippen LogP contribution in [0.5, 0.6) is 0 Å². The molecule has 9 heteroatoms. The Labute approximate surface area is 157 Å². The molecule has 1 aromatic rings. The van der Waals surface area contributed by atoms with Crippen LogP contribution in [-0.2, 0) is 26.9 Å². The van der Waals surface area contributed by atoms with Crippen molar-refractivity contribution in [1.82, 2.24) is 0 Å². The minimum Gasteiger partial charge on any atom is -0.299 e. The Bertz CT molecular complexity index is 798. The van der Waals surface area contributed by atoms with Gasteiger partial charge in [0.2, 0.25) is 0 Å². The summed E-state index contributed by atoms with van der Waals surface area (Å²) < 4.78 is 78.2. The first-order valence-electron chi connectivity index (χ1n) is 8.66. The van der Waals surface area contributed by atoms with Gasteiger partial charge in [-0.15, -0.1) is 0 Å². The van der Waals surface area contributed by atoms with Gasteiger partial charge < -0.3 is 0 Å². The fraction of sp³-hybridized carbons (Fsp3) is 0.526. The maximum atomic E-state index is 13.3. The Balaban J connectivity index is 1.92. The molecule has 3 nitrogen and oxygen atoms in total. The van der Waals surface area contributed by atoms with E-state index in [0.29, 0.717) is 12.5 Å². The highest BCUT2D eigenvalue weighted by molar-refractivity contribution is 5.82. The second kappa shape index (κ2) is 6.88. The molecule has 4 atom stereocenters. The van der Waals surface area contributed by atoms with Crippen molar-refractivity contribution >= 4 is 11.9 Å². The van der Waals surface area contributed by atoms with Gasteiger partial charge in [-0.1, -0.05) is 19.1 Å². The van der Waals surface area contributed by atoms with Crippen molar-refractivity contribution in [2.45, 2.75) is 50.7 Å². The number of halogens is 6. The van der Waals surface area contributed by atoms with Gasteiger partial charge in [-0.2, -0.15) is 26.3 Å². The van der Waals surface area contributed by atoms with E-state index in [1.165, 1.54) is 6.08 Å². The van der Waals surface area contributed by atoms with Gasteiger partial charge in [0, 0.05) is 18.3 Å². The molecule has 0 N–H and O–H groups in total. The zero-order valence-electron chi connectivity index (χ0n) is 15.0. The number of carbonyl (C=O) groups excluding carboxylic acids is 1. The Morgan fingerprint density at radius 2 is 1.82 bits per heavy atom. The van der Waals surface area contributed by atoms with Crippen LogP contribution in [0.15, 0.2) is 24.3 Å². The zero-order valence-corrected chi connectivity index (χ0v) is 15.0. The number of ketones is 1. The molecule has 1 saturated heterocycles. The predicted octanol–water partition coefficient (Wildman–Crippen LogP) is 5.44. The molecule has 2 bridgehead atoms. The highest BCUT2D eigenvalue weighted by Gasteiger charge is 2.49. The van der Waals surface area contributed by atoms with Crippen molar-refractivity contribution in [3.8, 4) is 0 Å². The van der Waals surface area contributed by atoms with E-state index >= 15 is 0 Å². The van der Waals surface area contributed by atoms with E-state index < -0.39 is 40.7 Å². The first-order chi connectivity index (χ1) is 12.8. The third kappa shape index (κ3) is 3.96. The van der Waals surface area contributed by atoms with E-state index in [1.807, 2.05) is 0 Å². The maximum absolute atomic E-state index is 13.3. The summed E-state index contributed by atoms with van der Waals surface area (Å²) in [5, 5.41) is 0. The summed E-state index contributed by atoms with van der Waals surface area (Å²) in [5.41, 5.74) is -4.37. The molecule has 28 heavy (non-hydrogen) atoms. The van der Waals surface area contributed by atoms with Crippen LogP contribution < -0.4 is 0 Å². The summed E-state index contributed by atoms with van der Waals surface area (Å²) >= 11 is 0. The van der Waals surface area contributed by atoms with Gasteiger partial charge in [-0.3, -0.25) is 4.79 Å². The van der Waals surface area contributed by atoms with Gasteiger partial charge in [0.1, 0.15) is 17.5 Å². The van der Waals surface area contributed by atoms with E-state index in [2.05, 4.69) is 0 Å². The molecule has 4 unspecified atom stereocenters. The molecule has 0 spiro atoms. The average molecular weight is 408 g/mol. The van der Waals surface area contributed by atoms with E-state index in [9.17, 15) is 31.1 Å². The normalized spacial score (nSPS) is 31.4. The first-order valence-corrected chi connectivity index (χ1v) is 8.66. The zero-order chi connectivity index (χ0) is 20.9. The van der Waals surface area contributed by atoms with Gasteiger partial charge >= 0.3 is 12.4 Å². The van der Waals surface area contributed by atoms with Crippen LogP contribution in [0.25, 0.3) is 6.08 Å².